The molecule has 0 aliphatic rings. The highest BCUT2D eigenvalue weighted by molar-refractivity contribution is 4.61. The van der Waals surface area contributed by atoms with Crippen molar-refractivity contribution in [3.8, 4) is 0 Å². The third-order valence-electron chi connectivity index (χ3n) is 2.41. The Balaban J connectivity index is -0.000000119. The SMILES string of the molecule is C=CC.C=CC.CC(C)C(C)OC(C)C(C)C.OCCO. The zero-order valence-electron chi connectivity index (χ0n) is 15.6. The average Bonchev–Trinajstić information content (AvgIpc) is 2.40. The third kappa shape index (κ3) is 38.2. The van der Waals surface area contributed by atoms with Crippen LogP contribution >= 0.6 is 0 Å². The molecule has 0 spiro atoms. The summed E-state index contributed by atoms with van der Waals surface area (Å²) in [5, 5.41) is 15.2. The van der Waals surface area contributed by atoms with Crippen molar-refractivity contribution in [2.75, 3.05) is 13.2 Å². The number of rotatable bonds is 5. The molecule has 0 aromatic carbocycles. The monoisotopic (exact) mass is 304 g/mol. The highest BCUT2D eigenvalue weighted by Crippen LogP contribution is 2.13. The zero-order valence-corrected chi connectivity index (χ0v) is 15.6. The molecule has 0 rings (SSSR count). The Kier molecular flexibility index (Phi) is 33.1. The van der Waals surface area contributed by atoms with E-state index in [2.05, 4.69) is 54.7 Å². The third-order valence-corrected chi connectivity index (χ3v) is 2.41. The van der Waals surface area contributed by atoms with Crippen LogP contribution in [0.1, 0.15) is 55.4 Å². The molecule has 0 saturated heterocycles. The molecule has 2 unspecified atom stereocenters. The van der Waals surface area contributed by atoms with Crippen LogP contribution in [0.3, 0.4) is 0 Å². The molecule has 3 heteroatoms. The average molecular weight is 305 g/mol. The maximum atomic E-state index is 7.62. The van der Waals surface area contributed by atoms with Gasteiger partial charge in [0, 0.05) is 0 Å². The number of allylic oxidation sites excluding steroid dienone is 2. The Labute approximate surface area is 133 Å². The first-order valence-corrected chi connectivity index (χ1v) is 7.71. The summed E-state index contributed by atoms with van der Waals surface area (Å²) in [4.78, 5) is 0. The second-order valence-corrected chi connectivity index (χ2v) is 5.30. The lowest BCUT2D eigenvalue weighted by Gasteiger charge is -2.24. The van der Waals surface area contributed by atoms with Crippen LogP contribution in [0.15, 0.2) is 25.3 Å². The van der Waals surface area contributed by atoms with Gasteiger partial charge in [-0.2, -0.15) is 0 Å². The van der Waals surface area contributed by atoms with Crippen LogP contribution in [0.4, 0.5) is 0 Å². The van der Waals surface area contributed by atoms with Crippen molar-refractivity contribution in [2.24, 2.45) is 11.8 Å². The molecule has 21 heavy (non-hydrogen) atoms. The van der Waals surface area contributed by atoms with Crippen molar-refractivity contribution in [3.63, 3.8) is 0 Å². The van der Waals surface area contributed by atoms with E-state index in [4.69, 9.17) is 14.9 Å². The predicted molar refractivity (Wildman–Crippen MR) is 95.6 cm³/mol. The number of ether oxygens (including phenoxy) is 1. The summed E-state index contributed by atoms with van der Waals surface area (Å²) in [5.41, 5.74) is 0. The van der Waals surface area contributed by atoms with Crippen molar-refractivity contribution >= 4 is 0 Å². The van der Waals surface area contributed by atoms with Crippen molar-refractivity contribution in [3.05, 3.63) is 25.3 Å². The summed E-state index contributed by atoms with van der Waals surface area (Å²) >= 11 is 0. The van der Waals surface area contributed by atoms with Gasteiger partial charge in [-0.1, -0.05) is 39.8 Å². The van der Waals surface area contributed by atoms with Crippen molar-refractivity contribution in [1.29, 1.82) is 0 Å². The Morgan fingerprint density at radius 2 is 0.952 bits per heavy atom. The Morgan fingerprint density at radius 1 is 0.762 bits per heavy atom. The first-order chi connectivity index (χ1) is 9.69. The first-order valence-electron chi connectivity index (χ1n) is 7.71. The van der Waals surface area contributed by atoms with E-state index in [9.17, 15) is 0 Å². The molecule has 0 aliphatic carbocycles. The summed E-state index contributed by atoms with van der Waals surface area (Å²) in [6, 6.07) is 0. The highest BCUT2D eigenvalue weighted by Gasteiger charge is 2.13. The van der Waals surface area contributed by atoms with E-state index in [1.54, 1.807) is 12.2 Å². The Morgan fingerprint density at radius 3 is 1.05 bits per heavy atom. The fourth-order valence-electron chi connectivity index (χ4n) is 0.653. The molecule has 0 aliphatic heterocycles. The quantitative estimate of drug-likeness (QED) is 0.738. The number of aliphatic hydroxyl groups excluding tert-OH is 2. The molecule has 3 nitrogen and oxygen atoms in total. The lowest BCUT2D eigenvalue weighted by molar-refractivity contribution is -0.0368. The van der Waals surface area contributed by atoms with Crippen LogP contribution in [0.2, 0.25) is 0 Å². The topological polar surface area (TPSA) is 49.7 Å². The molecular weight excluding hydrogens is 264 g/mol. The van der Waals surface area contributed by atoms with Gasteiger partial charge in [-0.15, -0.1) is 13.2 Å². The summed E-state index contributed by atoms with van der Waals surface area (Å²) in [7, 11) is 0. The molecule has 0 heterocycles. The van der Waals surface area contributed by atoms with E-state index >= 15 is 0 Å². The Hall–Kier alpha value is -0.640. The molecule has 2 atom stereocenters. The van der Waals surface area contributed by atoms with Gasteiger partial charge in [-0.3, -0.25) is 0 Å². The van der Waals surface area contributed by atoms with E-state index in [-0.39, 0.29) is 13.2 Å². The summed E-state index contributed by atoms with van der Waals surface area (Å²) in [5.74, 6) is 1.24. The fraction of sp³-hybridized carbons (Fsp3) is 0.778. The van der Waals surface area contributed by atoms with Crippen LogP contribution in [-0.4, -0.2) is 35.6 Å². The van der Waals surface area contributed by atoms with Crippen LogP contribution < -0.4 is 0 Å². The van der Waals surface area contributed by atoms with Gasteiger partial charge in [-0.05, 0) is 39.5 Å². The van der Waals surface area contributed by atoms with Gasteiger partial charge in [0.2, 0.25) is 0 Å². The van der Waals surface area contributed by atoms with Gasteiger partial charge in [0.1, 0.15) is 0 Å². The maximum Gasteiger partial charge on any atom is 0.0662 e. The molecule has 2 N–H and O–H groups in total. The Bertz CT molecular complexity index is 169. The molecule has 130 valence electrons. The van der Waals surface area contributed by atoms with E-state index < -0.39 is 0 Å². The van der Waals surface area contributed by atoms with Crippen LogP contribution in [0.5, 0.6) is 0 Å². The predicted octanol–water partition coefficient (Wildman–Crippen LogP) is 4.45. The van der Waals surface area contributed by atoms with Crippen molar-refractivity contribution in [2.45, 2.75) is 67.6 Å². The zero-order chi connectivity index (χ0) is 17.8. The van der Waals surface area contributed by atoms with Crippen LogP contribution in [0, 0.1) is 11.8 Å². The molecule has 0 aromatic heterocycles. The molecule has 0 saturated carbocycles. The van der Waals surface area contributed by atoms with Gasteiger partial charge in [0.15, 0.2) is 0 Å². The maximum absolute atomic E-state index is 7.62. The molecule has 0 aromatic rings. The summed E-state index contributed by atoms with van der Waals surface area (Å²) in [6.45, 7) is 23.3. The standard InChI is InChI=1S/C10H22O.2C3H6.C2H6O2/c1-7(2)9(5)11-10(6)8(3)4;2*1-3-2;3-1-2-4/h7-10H,1-6H3;2*3H,1H2,2H3;3-4H,1-2H2. The van der Waals surface area contributed by atoms with Gasteiger partial charge < -0.3 is 14.9 Å². The second kappa shape index (κ2) is 24.4. The molecule has 0 bridgehead atoms. The summed E-state index contributed by atoms with van der Waals surface area (Å²) < 4.78 is 5.77. The fourth-order valence-corrected chi connectivity index (χ4v) is 0.653. The lowest BCUT2D eigenvalue weighted by Crippen LogP contribution is -2.25. The largest absolute Gasteiger partial charge is 0.394 e. The lowest BCUT2D eigenvalue weighted by atomic mass is 10.1. The number of aliphatic hydroxyl groups is 2. The first kappa shape index (κ1) is 28.5. The number of hydrogen-bond donors (Lipinski definition) is 2. The van der Waals surface area contributed by atoms with Crippen molar-refractivity contribution in [1.82, 2.24) is 0 Å². The van der Waals surface area contributed by atoms with E-state index in [0.717, 1.165) is 0 Å². The van der Waals surface area contributed by atoms with E-state index in [1.807, 2.05) is 13.8 Å². The van der Waals surface area contributed by atoms with Gasteiger partial charge >= 0.3 is 0 Å². The van der Waals surface area contributed by atoms with Gasteiger partial charge in [-0.25, -0.2) is 0 Å². The van der Waals surface area contributed by atoms with Gasteiger partial charge in [0.25, 0.3) is 0 Å². The minimum absolute atomic E-state index is 0.125. The number of hydrogen-bond acceptors (Lipinski definition) is 3. The second-order valence-electron chi connectivity index (χ2n) is 5.30. The highest BCUT2D eigenvalue weighted by atomic mass is 16.5. The van der Waals surface area contributed by atoms with Crippen molar-refractivity contribution < 1.29 is 14.9 Å². The van der Waals surface area contributed by atoms with E-state index in [1.165, 1.54) is 0 Å². The normalized spacial score (nSPS) is 11.8. The van der Waals surface area contributed by atoms with E-state index in [0.29, 0.717) is 24.0 Å². The molecule has 0 fully saturated rings. The molecule has 0 amide bonds. The summed E-state index contributed by atoms with van der Waals surface area (Å²) in [6.07, 6.45) is 4.26. The smallest absolute Gasteiger partial charge is 0.0662 e. The van der Waals surface area contributed by atoms with Crippen LogP contribution in [-0.2, 0) is 4.74 Å². The molecule has 0 radical (unpaired) electrons. The van der Waals surface area contributed by atoms with Crippen LogP contribution in [0.25, 0.3) is 0 Å². The minimum Gasteiger partial charge on any atom is -0.394 e. The molecular formula is C18H40O3. The van der Waals surface area contributed by atoms with Gasteiger partial charge in [0.05, 0.1) is 25.4 Å². The minimum atomic E-state index is -0.125.